The number of fused-ring (bicyclic) bond motifs is 1. The van der Waals surface area contributed by atoms with Crippen molar-refractivity contribution < 1.29 is 24.3 Å². The first-order chi connectivity index (χ1) is 19.2. The van der Waals surface area contributed by atoms with Crippen molar-refractivity contribution in [1.29, 1.82) is 0 Å². The smallest absolute Gasteiger partial charge is 0.327 e. The molecule has 3 aromatic rings. The van der Waals surface area contributed by atoms with E-state index in [-0.39, 0.29) is 12.2 Å². The number of aliphatic carboxylic acids is 1. The van der Waals surface area contributed by atoms with Crippen molar-refractivity contribution in [3.8, 4) is 0 Å². The van der Waals surface area contributed by atoms with Crippen LogP contribution in [0.3, 0.4) is 0 Å². The second kappa shape index (κ2) is 15.3. The molecule has 1 aromatic heterocycles. The van der Waals surface area contributed by atoms with Crippen molar-refractivity contribution in [3.63, 3.8) is 0 Å². The number of rotatable bonds is 15. The number of H-pyrrole nitrogens is 1. The Hall–Kier alpha value is -3.48. The minimum atomic E-state index is -1.24. The number of carboxylic acids is 1. The summed E-state index contributed by atoms with van der Waals surface area (Å²) in [5, 5.41) is 18.2. The van der Waals surface area contributed by atoms with Gasteiger partial charge in [0.15, 0.2) is 0 Å². The zero-order valence-corrected chi connectivity index (χ0v) is 23.8. The summed E-state index contributed by atoms with van der Waals surface area (Å²) < 4.78 is 0. The van der Waals surface area contributed by atoms with Crippen molar-refractivity contribution in [2.45, 2.75) is 43.4 Å². The highest BCUT2D eigenvalue weighted by molar-refractivity contribution is 7.98. The first-order valence-corrected chi connectivity index (χ1v) is 14.8. The molecule has 0 aliphatic heterocycles. The third-order valence-corrected chi connectivity index (χ3v) is 7.42. The summed E-state index contributed by atoms with van der Waals surface area (Å²) >= 11 is 5.53. The van der Waals surface area contributed by atoms with Crippen LogP contribution >= 0.6 is 24.4 Å². The molecule has 0 bridgehead atoms. The van der Waals surface area contributed by atoms with E-state index in [0.29, 0.717) is 18.6 Å². The quantitative estimate of drug-likeness (QED) is 0.133. The molecule has 10 nitrogen and oxygen atoms in total. The van der Waals surface area contributed by atoms with Gasteiger partial charge in [-0.1, -0.05) is 48.5 Å². The molecule has 3 amide bonds. The normalized spacial score (nSPS) is 14.1. The third-order valence-electron chi connectivity index (χ3n) is 6.41. The number of thioether (sulfide) groups is 1. The van der Waals surface area contributed by atoms with E-state index in [0.717, 1.165) is 22.0 Å². The van der Waals surface area contributed by atoms with Gasteiger partial charge in [0.05, 0.1) is 6.04 Å². The zero-order valence-electron chi connectivity index (χ0n) is 22.1. The Balaban J connectivity index is 1.78. The standard InChI is InChI=1S/C28H35N5O5S2/c1-40-12-11-22(31-25(34)20(29)13-17-7-3-2-4-8-17)26(35)32-23(27(36)33-24(16-39)28(37)38)14-18-15-30-21-10-6-5-9-19(18)21/h2-10,15,20,22-24,30,39H,11-14,16,29H2,1H3,(H,31,34)(H,32,35)(H,33,36)(H,37,38). The highest BCUT2D eigenvalue weighted by atomic mass is 32.2. The minimum Gasteiger partial charge on any atom is -0.480 e. The molecule has 7 N–H and O–H groups in total. The van der Waals surface area contributed by atoms with Crippen molar-refractivity contribution in [2.24, 2.45) is 5.73 Å². The molecule has 12 heteroatoms. The lowest BCUT2D eigenvalue weighted by atomic mass is 10.0. The monoisotopic (exact) mass is 585 g/mol. The molecule has 0 aliphatic carbocycles. The van der Waals surface area contributed by atoms with Gasteiger partial charge in [0.2, 0.25) is 17.7 Å². The van der Waals surface area contributed by atoms with E-state index in [4.69, 9.17) is 5.73 Å². The average molecular weight is 586 g/mol. The molecule has 0 radical (unpaired) electrons. The van der Waals surface area contributed by atoms with Crippen molar-refractivity contribution in [3.05, 3.63) is 71.9 Å². The highest BCUT2D eigenvalue weighted by Gasteiger charge is 2.30. The second-order valence-corrected chi connectivity index (χ2v) is 10.7. The van der Waals surface area contributed by atoms with Crippen LogP contribution in [0.4, 0.5) is 0 Å². The van der Waals surface area contributed by atoms with Crippen LogP contribution in [0.15, 0.2) is 60.8 Å². The van der Waals surface area contributed by atoms with Crippen LogP contribution in [0, 0.1) is 0 Å². The Morgan fingerprint density at radius 3 is 2.20 bits per heavy atom. The maximum atomic E-state index is 13.5. The highest BCUT2D eigenvalue weighted by Crippen LogP contribution is 2.19. The average Bonchev–Trinajstić information content (AvgIpc) is 3.36. The van der Waals surface area contributed by atoms with E-state index in [1.54, 1.807) is 6.20 Å². The molecule has 4 atom stereocenters. The number of thiol groups is 1. The Bertz CT molecular complexity index is 1300. The van der Waals surface area contributed by atoms with E-state index < -0.39 is 47.9 Å². The summed E-state index contributed by atoms with van der Waals surface area (Å²) in [7, 11) is 0. The fourth-order valence-electron chi connectivity index (χ4n) is 4.20. The molecule has 1 heterocycles. The van der Waals surface area contributed by atoms with Gasteiger partial charge in [0, 0.05) is 29.3 Å². The Morgan fingerprint density at radius 2 is 1.52 bits per heavy atom. The van der Waals surface area contributed by atoms with Gasteiger partial charge in [-0.25, -0.2) is 4.79 Å². The van der Waals surface area contributed by atoms with Crippen LogP contribution < -0.4 is 21.7 Å². The van der Waals surface area contributed by atoms with E-state index >= 15 is 0 Å². The minimum absolute atomic E-state index is 0.0945. The number of aromatic amines is 1. The molecule has 3 rings (SSSR count). The first kappa shape index (κ1) is 31.1. The van der Waals surface area contributed by atoms with E-state index in [1.807, 2.05) is 60.9 Å². The van der Waals surface area contributed by atoms with Crippen LogP contribution in [-0.4, -0.2) is 75.7 Å². The number of carbonyl (C=O) groups excluding carboxylic acids is 3. The SMILES string of the molecule is CSCCC(NC(=O)C(N)Cc1ccccc1)C(=O)NC(Cc1c[nH]c2ccccc12)C(=O)NC(CS)C(=O)O. The fraction of sp³-hybridized carbons (Fsp3) is 0.357. The number of nitrogens with one attached hydrogen (secondary N) is 4. The maximum absolute atomic E-state index is 13.5. The van der Waals surface area contributed by atoms with Crippen LogP contribution in [0.5, 0.6) is 0 Å². The Kier molecular flexibility index (Phi) is 11.9. The van der Waals surface area contributed by atoms with Crippen molar-refractivity contribution in [1.82, 2.24) is 20.9 Å². The molecule has 0 fully saturated rings. The molecule has 214 valence electrons. The lowest BCUT2D eigenvalue weighted by Gasteiger charge is -2.25. The molecule has 2 aromatic carbocycles. The predicted molar refractivity (Wildman–Crippen MR) is 160 cm³/mol. The largest absolute Gasteiger partial charge is 0.480 e. The summed E-state index contributed by atoms with van der Waals surface area (Å²) in [6, 6.07) is 12.7. The number of aromatic nitrogens is 1. The summed E-state index contributed by atoms with van der Waals surface area (Å²) in [6.45, 7) is 0. The molecular formula is C28H35N5O5S2. The molecular weight excluding hydrogens is 550 g/mol. The topological polar surface area (TPSA) is 166 Å². The molecule has 0 spiro atoms. The first-order valence-electron chi connectivity index (χ1n) is 12.8. The predicted octanol–water partition coefficient (Wildman–Crippen LogP) is 1.50. The van der Waals surface area contributed by atoms with Gasteiger partial charge >= 0.3 is 5.97 Å². The summed E-state index contributed by atoms with van der Waals surface area (Å²) in [6.07, 6.45) is 4.34. The molecule has 0 saturated heterocycles. The van der Waals surface area contributed by atoms with E-state index in [2.05, 4.69) is 33.6 Å². The van der Waals surface area contributed by atoms with Crippen LogP contribution in [0.2, 0.25) is 0 Å². The number of nitrogens with two attached hydrogens (primary N) is 1. The van der Waals surface area contributed by atoms with Gasteiger partial charge in [-0.05, 0) is 42.0 Å². The summed E-state index contributed by atoms with van der Waals surface area (Å²) in [5.41, 5.74) is 8.66. The number of para-hydroxylation sites is 1. The van der Waals surface area contributed by atoms with Crippen LogP contribution in [-0.2, 0) is 32.0 Å². The van der Waals surface area contributed by atoms with Gasteiger partial charge in [-0.2, -0.15) is 24.4 Å². The number of amides is 3. The van der Waals surface area contributed by atoms with Gasteiger partial charge in [-0.15, -0.1) is 0 Å². The number of carbonyl (C=O) groups is 4. The van der Waals surface area contributed by atoms with E-state index in [1.165, 1.54) is 11.8 Å². The molecule has 40 heavy (non-hydrogen) atoms. The van der Waals surface area contributed by atoms with Gasteiger partial charge in [0.25, 0.3) is 0 Å². The van der Waals surface area contributed by atoms with E-state index in [9.17, 15) is 24.3 Å². The molecule has 4 unspecified atom stereocenters. The Morgan fingerprint density at radius 1 is 0.900 bits per heavy atom. The lowest BCUT2D eigenvalue weighted by Crippen LogP contribution is -2.58. The summed E-state index contributed by atoms with van der Waals surface area (Å²) in [5.74, 6) is -2.50. The Labute approximate surface area is 242 Å². The second-order valence-electron chi connectivity index (χ2n) is 9.35. The van der Waals surface area contributed by atoms with Crippen molar-refractivity contribution in [2.75, 3.05) is 17.8 Å². The number of hydrogen-bond donors (Lipinski definition) is 7. The zero-order chi connectivity index (χ0) is 29.1. The summed E-state index contributed by atoms with van der Waals surface area (Å²) in [4.78, 5) is 54.3. The molecule has 0 aliphatic rings. The van der Waals surface area contributed by atoms with Gasteiger partial charge < -0.3 is 31.8 Å². The number of hydrogen-bond acceptors (Lipinski definition) is 7. The maximum Gasteiger partial charge on any atom is 0.327 e. The number of benzene rings is 2. The van der Waals surface area contributed by atoms with Gasteiger partial charge in [-0.3, -0.25) is 14.4 Å². The van der Waals surface area contributed by atoms with Gasteiger partial charge in [0.1, 0.15) is 18.1 Å². The van der Waals surface area contributed by atoms with Crippen LogP contribution in [0.1, 0.15) is 17.5 Å². The third kappa shape index (κ3) is 8.77. The lowest BCUT2D eigenvalue weighted by molar-refractivity contribution is -0.141. The van der Waals surface area contributed by atoms with Crippen molar-refractivity contribution >= 4 is 59.0 Å². The number of carboxylic acid groups (broad SMARTS) is 1. The van der Waals surface area contributed by atoms with Crippen LogP contribution in [0.25, 0.3) is 10.9 Å². The fourth-order valence-corrected chi connectivity index (χ4v) is 4.92. The molecule has 0 saturated carbocycles.